The SMILES string of the molecule is c1ccc(-c2cc(-c3cc(-c4ccccc4-c4cccnc4)nc(-c4ccccc4)n3)cc(-c3cccc4c3sc3ccccc34)c2)cc1. The molecular formula is C45H29N3S. The molecule has 0 radical (unpaired) electrons. The van der Waals surface area contributed by atoms with E-state index in [4.69, 9.17) is 9.97 Å². The zero-order valence-corrected chi connectivity index (χ0v) is 27.3. The minimum absolute atomic E-state index is 0.687. The van der Waals surface area contributed by atoms with Gasteiger partial charge in [-0.15, -0.1) is 11.3 Å². The fourth-order valence-corrected chi connectivity index (χ4v) is 7.87. The summed E-state index contributed by atoms with van der Waals surface area (Å²) in [6.07, 6.45) is 3.71. The van der Waals surface area contributed by atoms with Gasteiger partial charge in [-0.2, -0.15) is 0 Å². The van der Waals surface area contributed by atoms with E-state index >= 15 is 0 Å². The second kappa shape index (κ2) is 12.4. The van der Waals surface area contributed by atoms with Gasteiger partial charge in [0, 0.05) is 54.8 Å². The highest BCUT2D eigenvalue weighted by Gasteiger charge is 2.17. The fourth-order valence-electron chi connectivity index (χ4n) is 6.63. The number of nitrogens with zero attached hydrogens (tertiary/aromatic N) is 3. The molecule has 3 heterocycles. The maximum absolute atomic E-state index is 5.25. The second-order valence-electron chi connectivity index (χ2n) is 12.1. The standard InChI is InChI=1S/C45H29N3S/c1-3-13-30(14-4-1)33-25-34(37-21-11-22-40-39-20-9-10-23-43(39)49-44(37)40)27-35(26-33)41-28-42(48-45(47-41)31-15-5-2-6-16-31)38-19-8-7-18-36(38)32-17-12-24-46-29-32/h1-29H. The number of hydrogen-bond acceptors (Lipinski definition) is 4. The predicted molar refractivity (Wildman–Crippen MR) is 205 cm³/mol. The Hall–Kier alpha value is -6.23. The van der Waals surface area contributed by atoms with Crippen molar-refractivity contribution in [2.75, 3.05) is 0 Å². The number of pyridine rings is 1. The van der Waals surface area contributed by atoms with Crippen LogP contribution >= 0.6 is 11.3 Å². The van der Waals surface area contributed by atoms with Gasteiger partial charge in [-0.05, 0) is 64.2 Å². The van der Waals surface area contributed by atoms with E-state index in [0.717, 1.165) is 55.9 Å². The molecule has 0 bridgehead atoms. The summed E-state index contributed by atoms with van der Waals surface area (Å²) in [6, 6.07) is 57.7. The van der Waals surface area contributed by atoms with Crippen LogP contribution in [0.2, 0.25) is 0 Å². The third-order valence-electron chi connectivity index (χ3n) is 8.98. The Morgan fingerprint density at radius 1 is 0.388 bits per heavy atom. The van der Waals surface area contributed by atoms with Crippen molar-refractivity contribution < 1.29 is 0 Å². The van der Waals surface area contributed by atoms with Crippen LogP contribution in [0.15, 0.2) is 176 Å². The predicted octanol–water partition coefficient (Wildman–Crippen LogP) is 12.2. The summed E-state index contributed by atoms with van der Waals surface area (Å²) in [5.41, 5.74) is 11.6. The summed E-state index contributed by atoms with van der Waals surface area (Å²) in [7, 11) is 0. The Bertz CT molecular complexity index is 2590. The first-order valence-corrected chi connectivity index (χ1v) is 17.2. The van der Waals surface area contributed by atoms with Gasteiger partial charge in [-0.1, -0.05) is 127 Å². The van der Waals surface area contributed by atoms with Gasteiger partial charge < -0.3 is 0 Å². The molecular weight excluding hydrogens is 615 g/mol. The number of thiophene rings is 1. The van der Waals surface area contributed by atoms with Gasteiger partial charge in [0.05, 0.1) is 11.4 Å². The smallest absolute Gasteiger partial charge is 0.160 e. The summed E-state index contributed by atoms with van der Waals surface area (Å²) in [5.74, 6) is 0.687. The Morgan fingerprint density at radius 2 is 1.02 bits per heavy atom. The third kappa shape index (κ3) is 5.48. The lowest BCUT2D eigenvalue weighted by atomic mass is 9.93. The van der Waals surface area contributed by atoms with Crippen LogP contribution in [0.1, 0.15) is 0 Å². The Morgan fingerprint density at radius 3 is 1.84 bits per heavy atom. The Labute approximate surface area is 288 Å². The largest absolute Gasteiger partial charge is 0.264 e. The first-order valence-electron chi connectivity index (χ1n) is 16.3. The molecule has 0 atom stereocenters. The van der Waals surface area contributed by atoms with Crippen LogP contribution in [0.3, 0.4) is 0 Å². The van der Waals surface area contributed by atoms with Crippen LogP contribution in [0.25, 0.3) is 87.5 Å². The molecule has 0 amide bonds. The topological polar surface area (TPSA) is 38.7 Å². The lowest BCUT2D eigenvalue weighted by Gasteiger charge is -2.15. The molecule has 3 aromatic heterocycles. The highest BCUT2D eigenvalue weighted by molar-refractivity contribution is 7.26. The highest BCUT2D eigenvalue weighted by atomic mass is 32.1. The zero-order valence-electron chi connectivity index (χ0n) is 26.5. The molecule has 0 saturated heterocycles. The number of rotatable bonds is 6. The third-order valence-corrected chi connectivity index (χ3v) is 10.2. The molecule has 0 aliphatic rings. The first kappa shape index (κ1) is 29.0. The normalized spacial score (nSPS) is 11.3. The van der Waals surface area contributed by atoms with Crippen LogP contribution in [0.5, 0.6) is 0 Å². The number of aromatic nitrogens is 3. The van der Waals surface area contributed by atoms with Crippen LogP contribution < -0.4 is 0 Å². The van der Waals surface area contributed by atoms with E-state index in [1.807, 2.05) is 41.8 Å². The molecule has 0 saturated carbocycles. The molecule has 4 heteroatoms. The molecule has 230 valence electrons. The van der Waals surface area contributed by atoms with Gasteiger partial charge in [0.25, 0.3) is 0 Å². The summed E-state index contributed by atoms with van der Waals surface area (Å²) >= 11 is 1.85. The van der Waals surface area contributed by atoms with Crippen molar-refractivity contribution in [3.8, 4) is 67.3 Å². The van der Waals surface area contributed by atoms with Gasteiger partial charge in [-0.25, -0.2) is 9.97 Å². The van der Waals surface area contributed by atoms with Crippen LogP contribution in [-0.2, 0) is 0 Å². The van der Waals surface area contributed by atoms with E-state index in [9.17, 15) is 0 Å². The van der Waals surface area contributed by atoms with Gasteiger partial charge >= 0.3 is 0 Å². The molecule has 0 N–H and O–H groups in total. The molecule has 9 aromatic rings. The van der Waals surface area contributed by atoms with E-state index in [-0.39, 0.29) is 0 Å². The molecule has 6 aromatic carbocycles. The van der Waals surface area contributed by atoms with Crippen LogP contribution in [-0.4, -0.2) is 15.0 Å². The summed E-state index contributed by atoms with van der Waals surface area (Å²) < 4.78 is 2.59. The van der Waals surface area contributed by atoms with E-state index in [1.54, 1.807) is 6.20 Å². The Balaban J connectivity index is 1.30. The van der Waals surface area contributed by atoms with Crippen molar-refractivity contribution in [3.63, 3.8) is 0 Å². The maximum atomic E-state index is 5.25. The van der Waals surface area contributed by atoms with E-state index in [0.29, 0.717) is 5.82 Å². The minimum Gasteiger partial charge on any atom is -0.264 e. The molecule has 3 nitrogen and oxygen atoms in total. The van der Waals surface area contributed by atoms with Crippen molar-refractivity contribution in [2.45, 2.75) is 0 Å². The Kier molecular flexibility index (Phi) is 7.34. The molecule has 0 fully saturated rings. The summed E-state index contributed by atoms with van der Waals surface area (Å²) in [4.78, 5) is 14.8. The number of fused-ring (bicyclic) bond motifs is 3. The average molecular weight is 644 g/mol. The monoisotopic (exact) mass is 643 g/mol. The van der Waals surface area contributed by atoms with Crippen molar-refractivity contribution in [3.05, 3.63) is 176 Å². The second-order valence-corrected chi connectivity index (χ2v) is 13.1. The van der Waals surface area contributed by atoms with E-state index < -0.39 is 0 Å². The number of benzene rings is 6. The molecule has 0 aliphatic carbocycles. The van der Waals surface area contributed by atoms with E-state index in [1.165, 1.54) is 25.7 Å². The quantitative estimate of drug-likeness (QED) is 0.181. The van der Waals surface area contributed by atoms with Crippen LogP contribution in [0, 0.1) is 0 Å². The molecule has 9 rings (SSSR count). The molecule has 49 heavy (non-hydrogen) atoms. The molecule has 0 spiro atoms. The van der Waals surface area contributed by atoms with E-state index in [2.05, 4.69) is 145 Å². The van der Waals surface area contributed by atoms with Gasteiger partial charge in [0.1, 0.15) is 0 Å². The van der Waals surface area contributed by atoms with Crippen LogP contribution in [0.4, 0.5) is 0 Å². The molecule has 0 unspecified atom stereocenters. The minimum atomic E-state index is 0.687. The number of hydrogen-bond donors (Lipinski definition) is 0. The van der Waals surface area contributed by atoms with Gasteiger partial charge in [0.15, 0.2) is 5.82 Å². The average Bonchev–Trinajstić information content (AvgIpc) is 3.58. The van der Waals surface area contributed by atoms with Crippen molar-refractivity contribution in [1.29, 1.82) is 0 Å². The van der Waals surface area contributed by atoms with Crippen molar-refractivity contribution in [1.82, 2.24) is 15.0 Å². The molecule has 0 aliphatic heterocycles. The van der Waals surface area contributed by atoms with Gasteiger partial charge in [0.2, 0.25) is 0 Å². The lowest BCUT2D eigenvalue weighted by Crippen LogP contribution is -1.97. The maximum Gasteiger partial charge on any atom is 0.160 e. The summed E-state index contributed by atoms with van der Waals surface area (Å²) in [6.45, 7) is 0. The highest BCUT2D eigenvalue weighted by Crippen LogP contribution is 2.42. The van der Waals surface area contributed by atoms with Gasteiger partial charge in [-0.3, -0.25) is 4.98 Å². The first-order chi connectivity index (χ1) is 24.3. The van der Waals surface area contributed by atoms with Crippen molar-refractivity contribution in [2.24, 2.45) is 0 Å². The summed E-state index contributed by atoms with van der Waals surface area (Å²) in [5, 5.41) is 2.58. The fraction of sp³-hybridized carbons (Fsp3) is 0. The van der Waals surface area contributed by atoms with Crippen molar-refractivity contribution >= 4 is 31.5 Å². The zero-order chi connectivity index (χ0) is 32.6. The lowest BCUT2D eigenvalue weighted by molar-refractivity contribution is 1.18.